The summed E-state index contributed by atoms with van der Waals surface area (Å²) in [6.45, 7) is 9.87. The molecule has 2 aromatic heterocycles. The van der Waals surface area contributed by atoms with Crippen molar-refractivity contribution in [2.24, 2.45) is 0 Å². The summed E-state index contributed by atoms with van der Waals surface area (Å²) in [6, 6.07) is 0. The van der Waals surface area contributed by atoms with Crippen LogP contribution in [0, 0.1) is 0 Å². The minimum atomic E-state index is -1.52. The summed E-state index contributed by atoms with van der Waals surface area (Å²) in [5, 5.41) is 9.42. The van der Waals surface area contributed by atoms with Crippen LogP contribution in [0.5, 0.6) is 0 Å². The van der Waals surface area contributed by atoms with Crippen LogP contribution in [-0.4, -0.2) is 8.07 Å². The van der Waals surface area contributed by atoms with Gasteiger partial charge in [-0.15, -0.1) is 0 Å². The maximum atomic E-state index is 2.59. The first-order valence-corrected chi connectivity index (χ1v) is 12.5. The number of rotatable bonds is 2. The van der Waals surface area contributed by atoms with Gasteiger partial charge in [-0.2, -0.15) is 22.7 Å². The molecule has 0 saturated heterocycles. The summed E-state index contributed by atoms with van der Waals surface area (Å²) in [5.74, 6) is 0. The van der Waals surface area contributed by atoms with Gasteiger partial charge in [0.05, 0.1) is 8.07 Å². The molecule has 2 unspecified atom stereocenters. The lowest BCUT2D eigenvalue weighted by Gasteiger charge is -2.38. The molecule has 2 heterocycles. The Hall–Kier alpha value is -0.903. The van der Waals surface area contributed by atoms with Gasteiger partial charge in [0.2, 0.25) is 0 Å². The molecule has 0 saturated carbocycles. The lowest BCUT2D eigenvalue weighted by Crippen LogP contribution is -2.42. The van der Waals surface area contributed by atoms with Crippen molar-refractivity contribution in [3.05, 3.63) is 54.9 Å². The summed E-state index contributed by atoms with van der Waals surface area (Å²) >= 11 is 3.72. The molecule has 2 aromatic rings. The van der Waals surface area contributed by atoms with E-state index in [2.05, 4.69) is 60.6 Å². The fraction of sp³-hybridized carbons (Fsp3) is 0.333. The first kappa shape index (κ1) is 13.7. The highest BCUT2D eigenvalue weighted by Crippen LogP contribution is 2.53. The van der Waals surface area contributed by atoms with Crippen molar-refractivity contribution in [2.45, 2.75) is 38.0 Å². The standard InChI is InChI=1S/C18H20S2Si/c1-11-5-13-7-19-9-15(13)17(11)21(3,4)18-12(2)6-14-8-20-10-16(14)18/h5-10,17-18H,1-4H3. The Labute approximate surface area is 135 Å². The van der Waals surface area contributed by atoms with Crippen LogP contribution in [0.2, 0.25) is 13.1 Å². The molecule has 2 aliphatic carbocycles. The van der Waals surface area contributed by atoms with Gasteiger partial charge in [0, 0.05) is 11.1 Å². The van der Waals surface area contributed by atoms with Gasteiger partial charge >= 0.3 is 0 Å². The molecular weight excluding hydrogens is 308 g/mol. The minimum Gasteiger partial charge on any atom is -0.151 e. The third kappa shape index (κ3) is 1.84. The van der Waals surface area contributed by atoms with Crippen molar-refractivity contribution in [1.82, 2.24) is 0 Å². The van der Waals surface area contributed by atoms with Crippen LogP contribution in [0.3, 0.4) is 0 Å². The van der Waals surface area contributed by atoms with Crippen LogP contribution in [0.1, 0.15) is 47.2 Å². The first-order valence-electron chi connectivity index (χ1n) is 7.48. The Kier molecular flexibility index (Phi) is 2.97. The summed E-state index contributed by atoms with van der Waals surface area (Å²) in [5.41, 5.74) is 10.7. The highest BCUT2D eigenvalue weighted by Gasteiger charge is 2.46. The predicted molar refractivity (Wildman–Crippen MR) is 98.9 cm³/mol. The average molecular weight is 329 g/mol. The molecular formula is C18H20S2Si. The molecule has 0 nitrogen and oxygen atoms in total. The minimum absolute atomic E-state index is 0.679. The highest BCUT2D eigenvalue weighted by atomic mass is 32.1. The van der Waals surface area contributed by atoms with Crippen LogP contribution >= 0.6 is 22.7 Å². The zero-order valence-electron chi connectivity index (χ0n) is 12.9. The third-order valence-electron chi connectivity index (χ3n) is 5.23. The lowest BCUT2D eigenvalue weighted by atomic mass is 10.2. The Morgan fingerprint density at radius 1 is 0.762 bits per heavy atom. The fourth-order valence-corrected chi connectivity index (χ4v) is 11.5. The second-order valence-electron chi connectivity index (χ2n) is 7.03. The van der Waals surface area contributed by atoms with E-state index in [0.717, 1.165) is 0 Å². The zero-order valence-corrected chi connectivity index (χ0v) is 15.6. The van der Waals surface area contributed by atoms with Gasteiger partial charge in [-0.3, -0.25) is 0 Å². The van der Waals surface area contributed by atoms with Crippen molar-refractivity contribution >= 4 is 42.9 Å². The third-order valence-corrected chi connectivity index (χ3v) is 11.3. The second kappa shape index (κ2) is 4.54. The van der Waals surface area contributed by atoms with E-state index < -0.39 is 8.07 Å². The van der Waals surface area contributed by atoms with Crippen LogP contribution in [0.15, 0.2) is 32.7 Å². The van der Waals surface area contributed by atoms with E-state index in [-0.39, 0.29) is 0 Å². The lowest BCUT2D eigenvalue weighted by molar-refractivity contribution is 0.975. The van der Waals surface area contributed by atoms with E-state index in [9.17, 15) is 0 Å². The maximum Gasteiger partial charge on any atom is 0.0722 e. The van der Waals surface area contributed by atoms with Gasteiger partial charge in [-0.25, -0.2) is 0 Å². The summed E-state index contributed by atoms with van der Waals surface area (Å²) in [4.78, 5) is 0. The second-order valence-corrected chi connectivity index (χ2v) is 13.3. The van der Waals surface area contributed by atoms with E-state index >= 15 is 0 Å². The molecule has 4 rings (SSSR count). The SMILES string of the molecule is CC1=Cc2cscc2C1[Si](C)(C)C1C(C)=Cc2cscc21. The van der Waals surface area contributed by atoms with Crippen molar-refractivity contribution < 1.29 is 0 Å². The zero-order chi connectivity index (χ0) is 14.8. The quantitative estimate of drug-likeness (QED) is 0.568. The number of allylic oxidation sites excluding steroid dienone is 2. The maximum absolute atomic E-state index is 2.59. The van der Waals surface area contributed by atoms with Gasteiger partial charge in [-0.05, 0) is 57.6 Å². The van der Waals surface area contributed by atoms with Gasteiger partial charge in [0.1, 0.15) is 0 Å². The van der Waals surface area contributed by atoms with Crippen molar-refractivity contribution in [1.29, 1.82) is 0 Å². The number of hydrogen-bond acceptors (Lipinski definition) is 2. The molecule has 21 heavy (non-hydrogen) atoms. The van der Waals surface area contributed by atoms with Crippen LogP contribution < -0.4 is 0 Å². The Balaban J connectivity index is 1.82. The van der Waals surface area contributed by atoms with E-state index in [4.69, 9.17) is 0 Å². The van der Waals surface area contributed by atoms with E-state index in [0.29, 0.717) is 11.1 Å². The monoisotopic (exact) mass is 328 g/mol. The van der Waals surface area contributed by atoms with Gasteiger partial charge < -0.3 is 0 Å². The molecule has 0 fully saturated rings. The molecule has 2 aliphatic rings. The van der Waals surface area contributed by atoms with Crippen LogP contribution in [0.4, 0.5) is 0 Å². The predicted octanol–water partition coefficient (Wildman–Crippen LogP) is 6.30. The number of thiophene rings is 2. The Morgan fingerprint density at radius 2 is 1.19 bits per heavy atom. The number of fused-ring (bicyclic) bond motifs is 2. The normalized spacial score (nSPS) is 23.8. The van der Waals surface area contributed by atoms with Crippen molar-refractivity contribution in [3.63, 3.8) is 0 Å². The summed E-state index contributed by atoms with van der Waals surface area (Å²) in [7, 11) is -1.52. The topological polar surface area (TPSA) is 0 Å². The molecule has 0 amide bonds. The molecule has 0 aliphatic heterocycles. The molecule has 108 valence electrons. The van der Waals surface area contributed by atoms with Crippen LogP contribution in [0.25, 0.3) is 12.2 Å². The molecule has 0 aromatic carbocycles. The molecule has 2 atom stereocenters. The van der Waals surface area contributed by atoms with Gasteiger partial charge in [0.25, 0.3) is 0 Å². The molecule has 3 heteroatoms. The molecule has 0 spiro atoms. The van der Waals surface area contributed by atoms with E-state index in [1.54, 1.807) is 22.3 Å². The molecule has 0 N–H and O–H groups in total. The van der Waals surface area contributed by atoms with Gasteiger partial charge in [0.15, 0.2) is 0 Å². The number of hydrogen-bond donors (Lipinski definition) is 0. The highest BCUT2D eigenvalue weighted by molar-refractivity contribution is 7.08. The Bertz CT molecular complexity index is 708. The van der Waals surface area contributed by atoms with Crippen molar-refractivity contribution in [3.8, 4) is 0 Å². The van der Waals surface area contributed by atoms with Crippen LogP contribution in [-0.2, 0) is 0 Å². The molecule has 0 bridgehead atoms. The average Bonchev–Trinajstić information content (AvgIpc) is 3.07. The molecule has 0 radical (unpaired) electrons. The van der Waals surface area contributed by atoms with E-state index in [1.807, 2.05) is 22.7 Å². The largest absolute Gasteiger partial charge is 0.151 e. The smallest absolute Gasteiger partial charge is 0.0722 e. The Morgan fingerprint density at radius 3 is 1.62 bits per heavy atom. The first-order chi connectivity index (χ1) is 10.00. The van der Waals surface area contributed by atoms with E-state index in [1.165, 1.54) is 11.1 Å². The fourth-order valence-electron chi connectivity index (χ4n) is 4.63. The van der Waals surface area contributed by atoms with Gasteiger partial charge in [-0.1, -0.05) is 36.4 Å². The van der Waals surface area contributed by atoms with Crippen molar-refractivity contribution in [2.75, 3.05) is 0 Å². The summed E-state index contributed by atoms with van der Waals surface area (Å²) < 4.78 is 0. The summed E-state index contributed by atoms with van der Waals surface area (Å²) in [6.07, 6.45) is 4.85.